The summed E-state index contributed by atoms with van der Waals surface area (Å²) in [6.07, 6.45) is 11.0. The maximum Gasteiger partial charge on any atom is 0.341 e. The summed E-state index contributed by atoms with van der Waals surface area (Å²) in [6.45, 7) is 0.754. The van der Waals surface area contributed by atoms with Gasteiger partial charge >= 0.3 is 5.97 Å². The van der Waals surface area contributed by atoms with Crippen molar-refractivity contribution < 1.29 is 19.1 Å². The number of carbonyl (C=O) groups is 2. The molecular formula is C22H20FN3O4. The summed E-state index contributed by atoms with van der Waals surface area (Å²) < 4.78 is 17.0. The van der Waals surface area contributed by atoms with Gasteiger partial charge in [-0.2, -0.15) is 0 Å². The molecule has 2 fully saturated rings. The molecule has 1 saturated heterocycles. The van der Waals surface area contributed by atoms with Gasteiger partial charge in [0.2, 0.25) is 5.43 Å². The van der Waals surface area contributed by atoms with E-state index in [1.165, 1.54) is 6.20 Å². The average molecular weight is 409 g/mol. The van der Waals surface area contributed by atoms with E-state index in [0.29, 0.717) is 19.4 Å². The van der Waals surface area contributed by atoms with E-state index < -0.39 is 28.3 Å². The van der Waals surface area contributed by atoms with E-state index in [1.807, 2.05) is 24.3 Å². The third-order valence-electron chi connectivity index (χ3n) is 6.32. The van der Waals surface area contributed by atoms with Gasteiger partial charge in [0.05, 0.1) is 27.7 Å². The molecule has 2 unspecified atom stereocenters. The highest BCUT2D eigenvalue weighted by Crippen LogP contribution is 2.41. The van der Waals surface area contributed by atoms with Crippen LogP contribution in [-0.4, -0.2) is 40.6 Å². The SMILES string of the molecule is NC12C=CC=CC1CN(c1c(F)cc3c(=O)c(C(=O)O)cn(C4CC4)c3c1C=O)C2. The molecule has 2 heterocycles. The van der Waals surface area contributed by atoms with E-state index in [4.69, 9.17) is 5.73 Å². The molecule has 0 amide bonds. The Morgan fingerprint density at radius 3 is 2.73 bits per heavy atom. The molecule has 7 nitrogen and oxygen atoms in total. The molecule has 3 N–H and O–H groups in total. The van der Waals surface area contributed by atoms with Gasteiger partial charge in [-0.3, -0.25) is 9.59 Å². The molecule has 2 aliphatic carbocycles. The Labute approximate surface area is 170 Å². The van der Waals surface area contributed by atoms with Crippen molar-refractivity contribution in [2.45, 2.75) is 24.4 Å². The highest BCUT2D eigenvalue weighted by Gasteiger charge is 2.43. The Morgan fingerprint density at radius 1 is 1.33 bits per heavy atom. The summed E-state index contributed by atoms with van der Waals surface area (Å²) in [5.41, 5.74) is 5.06. The molecule has 1 saturated carbocycles. The van der Waals surface area contributed by atoms with Crippen molar-refractivity contribution >= 4 is 28.8 Å². The maximum atomic E-state index is 15.3. The van der Waals surface area contributed by atoms with Crippen molar-refractivity contribution in [2.24, 2.45) is 11.7 Å². The number of pyridine rings is 1. The monoisotopic (exact) mass is 409 g/mol. The molecule has 30 heavy (non-hydrogen) atoms. The lowest BCUT2D eigenvalue weighted by atomic mass is 9.85. The minimum absolute atomic E-state index is 0.0175. The lowest BCUT2D eigenvalue weighted by Crippen LogP contribution is -2.46. The molecule has 1 aromatic carbocycles. The number of carbonyl (C=O) groups excluding carboxylic acids is 1. The van der Waals surface area contributed by atoms with E-state index in [2.05, 4.69) is 0 Å². The van der Waals surface area contributed by atoms with Gasteiger partial charge < -0.3 is 20.3 Å². The third-order valence-corrected chi connectivity index (χ3v) is 6.32. The summed E-state index contributed by atoms with van der Waals surface area (Å²) >= 11 is 0. The number of aromatic carboxylic acids is 1. The normalized spacial score (nSPS) is 25.0. The average Bonchev–Trinajstić information content (AvgIpc) is 3.48. The lowest BCUT2D eigenvalue weighted by molar-refractivity contribution is 0.0694. The summed E-state index contributed by atoms with van der Waals surface area (Å²) in [6, 6.07) is 1.04. The van der Waals surface area contributed by atoms with Gasteiger partial charge in [0, 0.05) is 31.2 Å². The van der Waals surface area contributed by atoms with Crippen molar-refractivity contribution in [3.8, 4) is 0 Å². The first kappa shape index (κ1) is 18.7. The van der Waals surface area contributed by atoms with Crippen molar-refractivity contribution in [3.05, 3.63) is 63.7 Å². The molecule has 8 heteroatoms. The Hall–Kier alpha value is -3.26. The van der Waals surface area contributed by atoms with E-state index in [1.54, 1.807) is 9.47 Å². The number of carboxylic acids is 1. The first-order chi connectivity index (χ1) is 14.3. The Morgan fingerprint density at radius 2 is 2.10 bits per heavy atom. The molecule has 154 valence electrons. The van der Waals surface area contributed by atoms with Gasteiger partial charge in [0.1, 0.15) is 11.4 Å². The molecule has 3 aliphatic rings. The van der Waals surface area contributed by atoms with Crippen molar-refractivity contribution in [1.82, 2.24) is 4.57 Å². The number of allylic oxidation sites excluding steroid dienone is 2. The summed E-state index contributed by atoms with van der Waals surface area (Å²) in [4.78, 5) is 38.2. The summed E-state index contributed by atoms with van der Waals surface area (Å²) in [5, 5.41) is 9.32. The number of halogens is 1. The van der Waals surface area contributed by atoms with Crippen LogP contribution in [0.15, 0.2) is 41.4 Å². The van der Waals surface area contributed by atoms with Crippen molar-refractivity contribution in [3.63, 3.8) is 0 Å². The zero-order chi connectivity index (χ0) is 21.2. The number of hydrogen-bond donors (Lipinski definition) is 2. The van der Waals surface area contributed by atoms with Crippen molar-refractivity contribution in [1.29, 1.82) is 0 Å². The topological polar surface area (TPSA) is 106 Å². The van der Waals surface area contributed by atoms with Crippen LogP contribution in [-0.2, 0) is 0 Å². The quantitative estimate of drug-likeness (QED) is 0.751. The molecule has 0 radical (unpaired) electrons. The van der Waals surface area contributed by atoms with Crippen LogP contribution in [0.3, 0.4) is 0 Å². The minimum Gasteiger partial charge on any atom is -0.477 e. The number of nitrogens with two attached hydrogens (primary N) is 1. The highest BCUT2D eigenvalue weighted by atomic mass is 19.1. The van der Waals surface area contributed by atoms with Crippen molar-refractivity contribution in [2.75, 3.05) is 18.0 Å². The minimum atomic E-state index is -1.37. The second-order valence-electron chi connectivity index (χ2n) is 8.29. The predicted molar refractivity (Wildman–Crippen MR) is 110 cm³/mol. The lowest BCUT2D eigenvalue weighted by Gasteiger charge is -2.27. The molecule has 2 aromatic rings. The highest BCUT2D eigenvalue weighted by molar-refractivity contribution is 6.04. The molecule has 0 spiro atoms. The van der Waals surface area contributed by atoms with Gasteiger partial charge in [-0.15, -0.1) is 0 Å². The Kier molecular flexibility index (Phi) is 3.98. The molecule has 5 rings (SSSR count). The fourth-order valence-corrected chi connectivity index (χ4v) is 4.67. The van der Waals surface area contributed by atoms with Crippen LogP contribution in [0.2, 0.25) is 0 Å². The zero-order valence-electron chi connectivity index (χ0n) is 16.0. The van der Waals surface area contributed by atoms with Gasteiger partial charge in [0.15, 0.2) is 6.29 Å². The summed E-state index contributed by atoms with van der Waals surface area (Å²) in [5.74, 6) is -2.14. The molecule has 1 aromatic heterocycles. The second kappa shape index (κ2) is 6.37. The van der Waals surface area contributed by atoms with E-state index in [-0.39, 0.29) is 34.1 Å². The van der Waals surface area contributed by atoms with Crippen LogP contribution >= 0.6 is 0 Å². The Balaban J connectivity index is 1.77. The smallest absolute Gasteiger partial charge is 0.341 e. The number of carboxylic acid groups (broad SMARTS) is 1. The predicted octanol–water partition coefficient (Wildman–Crippen LogP) is 2.25. The number of rotatable bonds is 4. The maximum absolute atomic E-state index is 15.3. The number of anilines is 1. The molecule has 2 atom stereocenters. The number of aldehydes is 1. The number of aromatic nitrogens is 1. The molecular weight excluding hydrogens is 389 g/mol. The number of nitrogens with zero attached hydrogens (tertiary/aromatic N) is 2. The van der Waals surface area contributed by atoms with Crippen LogP contribution in [0.25, 0.3) is 10.9 Å². The van der Waals surface area contributed by atoms with Gasteiger partial charge in [-0.05, 0) is 18.9 Å². The molecule has 1 aliphatic heterocycles. The fourth-order valence-electron chi connectivity index (χ4n) is 4.67. The third kappa shape index (κ3) is 2.64. The number of hydrogen-bond acceptors (Lipinski definition) is 5. The number of benzene rings is 1. The zero-order valence-corrected chi connectivity index (χ0v) is 16.0. The Bertz CT molecular complexity index is 1230. The van der Waals surface area contributed by atoms with Crippen LogP contribution in [0.4, 0.5) is 10.1 Å². The van der Waals surface area contributed by atoms with Gasteiger partial charge in [0.25, 0.3) is 0 Å². The van der Waals surface area contributed by atoms with E-state index >= 15 is 4.39 Å². The standard InChI is InChI=1S/C22H20FN3O4/c23-17-7-14-18(26(13-4-5-13)9-15(20(14)28)21(29)30)16(10-27)19(17)25-8-12-3-1-2-6-22(12,24)11-25/h1-3,6-7,9-10,12-13H,4-5,8,11,24H2,(H,29,30). The largest absolute Gasteiger partial charge is 0.477 e. The first-order valence-corrected chi connectivity index (χ1v) is 9.83. The van der Waals surface area contributed by atoms with Gasteiger partial charge in [-0.1, -0.05) is 24.3 Å². The van der Waals surface area contributed by atoms with Crippen LogP contribution < -0.4 is 16.1 Å². The van der Waals surface area contributed by atoms with Gasteiger partial charge in [-0.25, -0.2) is 9.18 Å². The van der Waals surface area contributed by atoms with Crippen LogP contribution in [0.5, 0.6) is 0 Å². The molecule has 0 bridgehead atoms. The second-order valence-corrected chi connectivity index (χ2v) is 8.29. The van der Waals surface area contributed by atoms with Crippen LogP contribution in [0.1, 0.15) is 39.6 Å². The van der Waals surface area contributed by atoms with Crippen LogP contribution in [0, 0.1) is 11.7 Å². The first-order valence-electron chi connectivity index (χ1n) is 9.83. The number of fused-ring (bicyclic) bond motifs is 2. The summed E-state index contributed by atoms with van der Waals surface area (Å²) in [7, 11) is 0. The van der Waals surface area contributed by atoms with E-state index in [9.17, 15) is 19.5 Å². The fraction of sp³-hybridized carbons (Fsp3) is 0.318. The van der Waals surface area contributed by atoms with E-state index in [0.717, 1.165) is 18.9 Å².